The van der Waals surface area contributed by atoms with Gasteiger partial charge in [0.1, 0.15) is 5.60 Å². The zero-order chi connectivity index (χ0) is 30.7. The minimum Gasteiger partial charge on any atom is -0.444 e. The van der Waals surface area contributed by atoms with E-state index in [2.05, 4.69) is 49.7 Å². The number of unbranched alkanes of at least 4 members (excludes halogenated alkanes) is 4. The molecule has 40 heavy (non-hydrogen) atoms. The fourth-order valence-electron chi connectivity index (χ4n) is 4.72. The van der Waals surface area contributed by atoms with Gasteiger partial charge in [-0.05, 0) is 87.1 Å². The van der Waals surface area contributed by atoms with Gasteiger partial charge in [0.05, 0.1) is 5.60 Å². The molecular formula is C31H68N6O3. The van der Waals surface area contributed by atoms with Crippen molar-refractivity contribution in [3.63, 3.8) is 0 Å². The van der Waals surface area contributed by atoms with Crippen molar-refractivity contribution in [3.8, 4) is 0 Å². The molecule has 0 aromatic carbocycles. The van der Waals surface area contributed by atoms with Crippen LogP contribution in [0.25, 0.3) is 0 Å². The van der Waals surface area contributed by atoms with Gasteiger partial charge in [-0.15, -0.1) is 0 Å². The van der Waals surface area contributed by atoms with Crippen molar-refractivity contribution in [1.29, 1.82) is 0 Å². The van der Waals surface area contributed by atoms with Gasteiger partial charge in [-0.3, -0.25) is 4.90 Å². The maximum atomic E-state index is 11.8. The highest BCUT2D eigenvalue weighted by Gasteiger charge is 2.29. The van der Waals surface area contributed by atoms with E-state index in [1.54, 1.807) is 0 Å². The number of nitrogens with zero attached hydrogens (tertiary/aromatic N) is 2. The van der Waals surface area contributed by atoms with Gasteiger partial charge in [-0.2, -0.15) is 0 Å². The molecule has 0 aromatic rings. The molecular weight excluding hydrogens is 504 g/mol. The number of alkyl carbamates (subject to hydrolysis) is 1. The van der Waals surface area contributed by atoms with Crippen LogP contribution in [0, 0.1) is 0 Å². The van der Waals surface area contributed by atoms with Crippen LogP contribution in [0.5, 0.6) is 0 Å². The maximum absolute atomic E-state index is 11.8. The Balaban J connectivity index is 4.55. The number of ether oxygens (including phenoxy) is 2. The number of nitrogens with two attached hydrogens (primary N) is 3. The van der Waals surface area contributed by atoms with E-state index in [-0.39, 0.29) is 23.3 Å². The fraction of sp³-hybridized carbons (Fsp3) is 0.968. The van der Waals surface area contributed by atoms with Crippen molar-refractivity contribution in [1.82, 2.24) is 15.1 Å². The van der Waals surface area contributed by atoms with Crippen molar-refractivity contribution in [2.24, 2.45) is 17.2 Å². The highest BCUT2D eigenvalue weighted by molar-refractivity contribution is 5.67. The number of rotatable bonds is 24. The summed E-state index contributed by atoms with van der Waals surface area (Å²) in [7, 11) is 0. The lowest BCUT2D eigenvalue weighted by atomic mass is 9.96. The molecule has 0 bridgehead atoms. The Hall–Kier alpha value is -0.970. The van der Waals surface area contributed by atoms with Gasteiger partial charge >= 0.3 is 6.09 Å². The van der Waals surface area contributed by atoms with Crippen molar-refractivity contribution in [3.05, 3.63) is 0 Å². The first kappa shape index (κ1) is 39.0. The third-order valence-electron chi connectivity index (χ3n) is 7.39. The molecule has 0 aliphatic heterocycles. The van der Waals surface area contributed by atoms with Crippen LogP contribution in [0.2, 0.25) is 0 Å². The quantitative estimate of drug-likeness (QED) is 0.125. The summed E-state index contributed by atoms with van der Waals surface area (Å²) >= 11 is 0. The zero-order valence-electron chi connectivity index (χ0n) is 27.7. The fourth-order valence-corrected chi connectivity index (χ4v) is 4.72. The molecule has 0 saturated carbocycles. The molecule has 0 spiro atoms. The Morgan fingerprint density at radius 3 is 2.12 bits per heavy atom. The lowest BCUT2D eigenvalue weighted by Gasteiger charge is -2.41. The standard InChI is InChI=1S/C31H68N6O3/c1-9-10-11-14-21-36(23-18-32)22-16-31(7,8)39-25-17-30(5,6)37(24-19-33)26-27(34)15-12-13-20-35-28(38)40-29(2,3)4/h27H,9-26,32-34H2,1-8H3,(H,35,38). The van der Waals surface area contributed by atoms with Gasteiger partial charge in [0.25, 0.3) is 0 Å². The molecule has 1 atom stereocenters. The second kappa shape index (κ2) is 20.8. The summed E-state index contributed by atoms with van der Waals surface area (Å²) < 4.78 is 11.7. The van der Waals surface area contributed by atoms with Gasteiger partial charge in [0, 0.05) is 64.0 Å². The molecule has 0 fully saturated rings. The van der Waals surface area contributed by atoms with E-state index in [9.17, 15) is 4.79 Å². The van der Waals surface area contributed by atoms with E-state index in [4.69, 9.17) is 26.7 Å². The maximum Gasteiger partial charge on any atom is 0.407 e. The second-order valence-electron chi connectivity index (χ2n) is 13.5. The molecule has 1 amide bonds. The summed E-state index contributed by atoms with van der Waals surface area (Å²) in [5, 5.41) is 2.82. The second-order valence-corrected chi connectivity index (χ2v) is 13.5. The summed E-state index contributed by atoms with van der Waals surface area (Å²) in [5.41, 5.74) is 17.6. The van der Waals surface area contributed by atoms with Crippen LogP contribution < -0.4 is 22.5 Å². The van der Waals surface area contributed by atoms with E-state index >= 15 is 0 Å². The third kappa shape index (κ3) is 20.8. The zero-order valence-corrected chi connectivity index (χ0v) is 27.7. The molecule has 7 N–H and O–H groups in total. The number of carbonyl (C=O) groups is 1. The van der Waals surface area contributed by atoms with Crippen LogP contribution in [0.15, 0.2) is 0 Å². The molecule has 9 nitrogen and oxygen atoms in total. The first-order chi connectivity index (χ1) is 18.7. The highest BCUT2D eigenvalue weighted by atomic mass is 16.6. The molecule has 1 unspecified atom stereocenters. The summed E-state index contributed by atoms with van der Waals surface area (Å²) in [6.45, 7) is 24.0. The summed E-state index contributed by atoms with van der Waals surface area (Å²) in [6, 6.07) is 0.0514. The van der Waals surface area contributed by atoms with Crippen molar-refractivity contribution >= 4 is 6.09 Å². The average Bonchev–Trinajstić information content (AvgIpc) is 2.83. The normalized spacial score (nSPS) is 13.7. The Bertz CT molecular complexity index is 639. The molecule has 0 aliphatic rings. The number of nitrogens with one attached hydrogen (secondary N) is 1. The molecule has 240 valence electrons. The number of hydrogen-bond acceptors (Lipinski definition) is 8. The van der Waals surface area contributed by atoms with Crippen LogP contribution in [0.4, 0.5) is 4.79 Å². The Labute approximate surface area is 247 Å². The van der Waals surface area contributed by atoms with E-state index in [0.29, 0.717) is 26.2 Å². The Morgan fingerprint density at radius 2 is 1.52 bits per heavy atom. The topological polar surface area (TPSA) is 132 Å². The largest absolute Gasteiger partial charge is 0.444 e. The van der Waals surface area contributed by atoms with Crippen LogP contribution >= 0.6 is 0 Å². The van der Waals surface area contributed by atoms with Crippen LogP contribution in [0.3, 0.4) is 0 Å². The van der Waals surface area contributed by atoms with E-state index < -0.39 is 5.60 Å². The number of hydrogen-bond donors (Lipinski definition) is 4. The predicted octanol–water partition coefficient (Wildman–Crippen LogP) is 4.46. The first-order valence-electron chi connectivity index (χ1n) is 15.9. The third-order valence-corrected chi connectivity index (χ3v) is 7.39. The molecule has 0 aliphatic carbocycles. The van der Waals surface area contributed by atoms with Gasteiger partial charge in [0.2, 0.25) is 0 Å². The number of amides is 1. The number of carbonyl (C=O) groups excluding carboxylic acids is 1. The summed E-state index contributed by atoms with van der Waals surface area (Å²) in [4.78, 5) is 16.7. The first-order valence-corrected chi connectivity index (χ1v) is 15.9. The van der Waals surface area contributed by atoms with Gasteiger partial charge in [-0.1, -0.05) is 32.6 Å². The minimum atomic E-state index is -0.480. The average molecular weight is 573 g/mol. The molecule has 0 aromatic heterocycles. The molecule has 0 rings (SSSR count). The summed E-state index contributed by atoms with van der Waals surface area (Å²) in [5.74, 6) is 0. The van der Waals surface area contributed by atoms with Crippen molar-refractivity contribution in [2.75, 3.05) is 59.0 Å². The highest BCUT2D eigenvalue weighted by Crippen LogP contribution is 2.23. The SMILES string of the molecule is CCCCCCN(CCN)CCC(C)(C)OCCC(C)(C)N(CCN)CC(N)CCCCNC(=O)OC(C)(C)C. The molecule has 0 heterocycles. The minimum absolute atomic E-state index is 0.0514. The van der Waals surface area contributed by atoms with Crippen LogP contribution in [-0.4, -0.2) is 97.6 Å². The van der Waals surface area contributed by atoms with E-state index in [0.717, 1.165) is 64.8 Å². The Kier molecular flexibility index (Phi) is 20.3. The lowest BCUT2D eigenvalue weighted by Crippen LogP contribution is -2.52. The molecule has 0 radical (unpaired) electrons. The van der Waals surface area contributed by atoms with Gasteiger partial charge in [0.15, 0.2) is 0 Å². The Morgan fingerprint density at radius 1 is 0.850 bits per heavy atom. The van der Waals surface area contributed by atoms with E-state index in [1.165, 1.54) is 25.7 Å². The van der Waals surface area contributed by atoms with Gasteiger partial charge in [-0.25, -0.2) is 4.79 Å². The van der Waals surface area contributed by atoms with Crippen LogP contribution in [0.1, 0.15) is 113 Å². The molecule has 0 saturated heterocycles. The smallest absolute Gasteiger partial charge is 0.407 e. The van der Waals surface area contributed by atoms with Crippen LogP contribution in [-0.2, 0) is 9.47 Å². The lowest BCUT2D eigenvalue weighted by molar-refractivity contribution is -0.0455. The van der Waals surface area contributed by atoms with Crippen molar-refractivity contribution in [2.45, 2.75) is 136 Å². The van der Waals surface area contributed by atoms with Gasteiger partial charge < -0.3 is 36.9 Å². The predicted molar refractivity (Wildman–Crippen MR) is 170 cm³/mol. The van der Waals surface area contributed by atoms with Crippen molar-refractivity contribution < 1.29 is 14.3 Å². The molecule has 9 heteroatoms. The van der Waals surface area contributed by atoms with E-state index in [1.807, 2.05) is 20.8 Å². The monoisotopic (exact) mass is 573 g/mol. The summed E-state index contributed by atoms with van der Waals surface area (Å²) in [6.07, 6.45) is 9.35.